The summed E-state index contributed by atoms with van der Waals surface area (Å²) < 4.78 is 0. The van der Waals surface area contributed by atoms with Crippen LogP contribution in [0, 0.1) is 5.41 Å². The van der Waals surface area contributed by atoms with Gasteiger partial charge in [0.15, 0.2) is 0 Å². The van der Waals surface area contributed by atoms with Crippen LogP contribution in [-0.4, -0.2) is 65.8 Å². The summed E-state index contributed by atoms with van der Waals surface area (Å²) in [5.41, 5.74) is 1.97. The minimum atomic E-state index is -0.580. The van der Waals surface area contributed by atoms with Crippen LogP contribution in [0.4, 0.5) is 0 Å². The molecule has 0 saturated heterocycles. The molecule has 5 heteroatoms. The average molecular weight is 306 g/mol. The number of aliphatic hydroxyl groups excluding tert-OH is 2. The first-order chi connectivity index (χ1) is 10.5. The molecule has 1 heterocycles. The van der Waals surface area contributed by atoms with Gasteiger partial charge < -0.3 is 15.1 Å². The Hall–Kier alpha value is -1.43. The minimum absolute atomic E-state index is 0.0928. The van der Waals surface area contributed by atoms with Gasteiger partial charge in [-0.2, -0.15) is 0 Å². The van der Waals surface area contributed by atoms with E-state index in [9.17, 15) is 15.0 Å². The first kappa shape index (κ1) is 16.9. The number of rotatable bonds is 6. The molecule has 0 bridgehead atoms. The summed E-state index contributed by atoms with van der Waals surface area (Å²) in [4.78, 5) is 16.2. The topological polar surface area (TPSA) is 64.0 Å². The predicted octanol–water partition coefficient (Wildman–Crippen LogP) is 0.494. The zero-order chi connectivity index (χ0) is 16.2. The molecule has 1 aromatic carbocycles. The van der Waals surface area contributed by atoms with Gasteiger partial charge in [-0.25, -0.2) is 0 Å². The molecule has 0 fully saturated rings. The van der Waals surface area contributed by atoms with Gasteiger partial charge in [0, 0.05) is 25.0 Å². The van der Waals surface area contributed by atoms with E-state index in [4.69, 9.17) is 0 Å². The van der Waals surface area contributed by atoms with Crippen LogP contribution in [-0.2, 0) is 17.8 Å². The van der Waals surface area contributed by atoms with Gasteiger partial charge in [0.05, 0.1) is 19.8 Å². The maximum atomic E-state index is 12.4. The summed E-state index contributed by atoms with van der Waals surface area (Å²) in [5.74, 6) is 0.0928. The van der Waals surface area contributed by atoms with Crippen molar-refractivity contribution in [1.29, 1.82) is 0 Å². The number of carbonyl (C=O) groups excluding carboxylic acids is 1. The van der Waals surface area contributed by atoms with Crippen LogP contribution in [0.2, 0.25) is 0 Å². The summed E-state index contributed by atoms with van der Waals surface area (Å²) in [6.07, 6.45) is 0.899. The van der Waals surface area contributed by atoms with E-state index in [1.807, 2.05) is 35.9 Å². The summed E-state index contributed by atoms with van der Waals surface area (Å²) in [6, 6.07) is 8.24. The second-order valence-electron chi connectivity index (χ2n) is 6.63. The molecule has 1 aromatic rings. The van der Waals surface area contributed by atoms with E-state index in [-0.39, 0.29) is 19.1 Å². The molecule has 0 aromatic heterocycles. The van der Waals surface area contributed by atoms with E-state index < -0.39 is 5.41 Å². The Kier molecular flexibility index (Phi) is 5.56. The number of benzene rings is 1. The number of amides is 1. The molecule has 0 spiro atoms. The largest absolute Gasteiger partial charge is 0.396 e. The molecule has 1 amide bonds. The number of hydrogen-bond donors (Lipinski definition) is 2. The zero-order valence-corrected chi connectivity index (χ0v) is 13.5. The van der Waals surface area contributed by atoms with E-state index in [2.05, 4.69) is 12.1 Å². The Bertz CT molecular complexity index is 514. The standard InChI is InChI=1S/C17H26N2O3/c1-17(12-20,13-21)11-18(2)10-16(22)19-8-7-14-5-3-4-6-15(14)9-19/h3-6,20-21H,7-13H2,1-2H3. The van der Waals surface area contributed by atoms with Crippen molar-refractivity contribution >= 4 is 5.91 Å². The molecule has 1 aliphatic rings. The summed E-state index contributed by atoms with van der Waals surface area (Å²) >= 11 is 0. The Labute approximate surface area is 132 Å². The second kappa shape index (κ2) is 7.22. The van der Waals surface area contributed by atoms with Crippen molar-refractivity contribution < 1.29 is 15.0 Å². The molecule has 122 valence electrons. The lowest BCUT2D eigenvalue weighted by atomic mass is 9.92. The lowest BCUT2D eigenvalue weighted by Gasteiger charge is -2.33. The van der Waals surface area contributed by atoms with Gasteiger partial charge in [0.25, 0.3) is 0 Å². The molecule has 2 N–H and O–H groups in total. The van der Waals surface area contributed by atoms with Crippen LogP contribution in [0.1, 0.15) is 18.1 Å². The van der Waals surface area contributed by atoms with Gasteiger partial charge in [-0.15, -0.1) is 0 Å². The Morgan fingerprint density at radius 3 is 2.55 bits per heavy atom. The number of likely N-dealkylation sites (N-methyl/N-ethyl adjacent to an activating group) is 1. The van der Waals surface area contributed by atoms with Gasteiger partial charge in [-0.1, -0.05) is 31.2 Å². The number of aliphatic hydroxyl groups is 2. The van der Waals surface area contributed by atoms with Crippen molar-refractivity contribution in [2.75, 3.05) is 39.9 Å². The van der Waals surface area contributed by atoms with Gasteiger partial charge >= 0.3 is 0 Å². The minimum Gasteiger partial charge on any atom is -0.396 e. The van der Waals surface area contributed by atoms with Crippen molar-refractivity contribution in [3.63, 3.8) is 0 Å². The van der Waals surface area contributed by atoms with Crippen molar-refractivity contribution in [2.45, 2.75) is 19.9 Å². The molecule has 22 heavy (non-hydrogen) atoms. The Morgan fingerprint density at radius 1 is 1.27 bits per heavy atom. The third-order valence-corrected chi connectivity index (χ3v) is 4.30. The van der Waals surface area contributed by atoms with Gasteiger partial charge in [0.1, 0.15) is 0 Å². The van der Waals surface area contributed by atoms with Crippen LogP contribution in [0.15, 0.2) is 24.3 Å². The lowest BCUT2D eigenvalue weighted by Crippen LogP contribution is -2.45. The van der Waals surface area contributed by atoms with Crippen LogP contribution in [0.5, 0.6) is 0 Å². The van der Waals surface area contributed by atoms with Gasteiger partial charge in [0.2, 0.25) is 5.91 Å². The third kappa shape index (κ3) is 4.06. The summed E-state index contributed by atoms with van der Waals surface area (Å²) in [7, 11) is 1.85. The van der Waals surface area contributed by atoms with Crippen molar-refractivity contribution in [1.82, 2.24) is 9.80 Å². The van der Waals surface area contributed by atoms with Crippen molar-refractivity contribution in [2.24, 2.45) is 5.41 Å². The fourth-order valence-corrected chi connectivity index (χ4v) is 2.90. The van der Waals surface area contributed by atoms with Gasteiger partial charge in [-0.3, -0.25) is 9.69 Å². The molecule has 2 rings (SSSR count). The highest BCUT2D eigenvalue weighted by Gasteiger charge is 2.27. The van der Waals surface area contributed by atoms with Crippen LogP contribution >= 0.6 is 0 Å². The number of hydrogen-bond acceptors (Lipinski definition) is 4. The second-order valence-corrected chi connectivity index (χ2v) is 6.63. The number of nitrogens with zero attached hydrogens (tertiary/aromatic N) is 2. The lowest BCUT2D eigenvalue weighted by molar-refractivity contribution is -0.133. The van der Waals surface area contributed by atoms with Crippen molar-refractivity contribution in [3.05, 3.63) is 35.4 Å². The fraction of sp³-hybridized carbons (Fsp3) is 0.588. The molecule has 0 aliphatic carbocycles. The SMILES string of the molecule is CN(CC(=O)N1CCc2ccccc2C1)CC(C)(CO)CO. The van der Waals surface area contributed by atoms with Crippen LogP contribution < -0.4 is 0 Å². The maximum absolute atomic E-state index is 12.4. The molecule has 1 aliphatic heterocycles. The monoisotopic (exact) mass is 306 g/mol. The highest BCUT2D eigenvalue weighted by atomic mass is 16.3. The van der Waals surface area contributed by atoms with Gasteiger partial charge in [-0.05, 0) is 24.6 Å². The first-order valence-electron chi connectivity index (χ1n) is 7.72. The highest BCUT2D eigenvalue weighted by molar-refractivity contribution is 5.78. The fourth-order valence-electron chi connectivity index (χ4n) is 2.90. The molecular weight excluding hydrogens is 280 g/mol. The van der Waals surface area contributed by atoms with E-state index in [1.165, 1.54) is 11.1 Å². The molecule has 0 radical (unpaired) electrons. The Morgan fingerprint density at radius 2 is 1.91 bits per heavy atom. The van der Waals surface area contributed by atoms with E-state index >= 15 is 0 Å². The smallest absolute Gasteiger partial charge is 0.237 e. The van der Waals surface area contributed by atoms with Crippen LogP contribution in [0.3, 0.4) is 0 Å². The maximum Gasteiger partial charge on any atom is 0.237 e. The van der Waals surface area contributed by atoms with Crippen LogP contribution in [0.25, 0.3) is 0 Å². The quantitative estimate of drug-likeness (QED) is 0.803. The molecule has 0 atom stereocenters. The normalized spacial score (nSPS) is 15.0. The van der Waals surface area contributed by atoms with Crippen molar-refractivity contribution in [3.8, 4) is 0 Å². The van der Waals surface area contributed by atoms with E-state index in [0.29, 0.717) is 19.6 Å². The first-order valence-corrected chi connectivity index (χ1v) is 7.72. The molecule has 0 saturated carbocycles. The zero-order valence-electron chi connectivity index (χ0n) is 13.5. The summed E-state index contributed by atoms with van der Waals surface area (Å²) in [5, 5.41) is 18.7. The van der Waals surface area contributed by atoms with E-state index in [0.717, 1.165) is 13.0 Å². The average Bonchev–Trinajstić information content (AvgIpc) is 2.54. The predicted molar refractivity (Wildman–Crippen MR) is 85.3 cm³/mol. The summed E-state index contributed by atoms with van der Waals surface area (Å²) in [6.45, 7) is 3.82. The Balaban J connectivity index is 1.90. The molecule has 5 nitrogen and oxygen atoms in total. The molecule has 0 unspecified atom stereocenters. The van der Waals surface area contributed by atoms with E-state index in [1.54, 1.807) is 0 Å². The number of fused-ring (bicyclic) bond motifs is 1. The highest BCUT2D eigenvalue weighted by Crippen LogP contribution is 2.19. The molecular formula is C17H26N2O3. The number of carbonyl (C=O) groups is 1. The third-order valence-electron chi connectivity index (χ3n) is 4.30.